The molecule has 1 N–H and O–H groups in total. The van der Waals surface area contributed by atoms with Crippen LogP contribution >= 0.6 is 0 Å². The molecule has 2 heterocycles. The summed E-state index contributed by atoms with van der Waals surface area (Å²) >= 11 is 0. The van der Waals surface area contributed by atoms with Crippen LogP contribution in [0.2, 0.25) is 0 Å². The molecule has 0 aliphatic carbocycles. The van der Waals surface area contributed by atoms with Crippen molar-refractivity contribution < 1.29 is 33.6 Å². The summed E-state index contributed by atoms with van der Waals surface area (Å²) < 4.78 is 22.3. The van der Waals surface area contributed by atoms with E-state index < -0.39 is 11.1 Å². The lowest BCUT2D eigenvalue weighted by atomic mass is 9.93. The summed E-state index contributed by atoms with van der Waals surface area (Å²) in [5.74, 6) is 0.507. The van der Waals surface area contributed by atoms with Gasteiger partial charge in [-0.3, -0.25) is 9.59 Å². The molecular formula is C24H34N2O7. The van der Waals surface area contributed by atoms with Gasteiger partial charge in [-0.1, -0.05) is 0 Å². The third kappa shape index (κ3) is 6.91. The molecule has 3 rings (SSSR count). The highest BCUT2D eigenvalue weighted by atomic mass is 16.6. The number of aliphatic hydroxyl groups is 1. The molecule has 0 spiro atoms. The van der Waals surface area contributed by atoms with Crippen molar-refractivity contribution in [3.63, 3.8) is 0 Å². The number of aliphatic hydroxyl groups excluding tert-OH is 1. The monoisotopic (exact) mass is 462 g/mol. The molecule has 0 bridgehead atoms. The molecule has 1 amide bonds. The quantitative estimate of drug-likeness (QED) is 0.441. The Bertz CT molecular complexity index is 841. The number of amides is 1. The number of hydrogen-bond acceptors (Lipinski definition) is 8. The van der Waals surface area contributed by atoms with Gasteiger partial charge in [-0.05, 0) is 51.5 Å². The molecule has 33 heavy (non-hydrogen) atoms. The molecule has 182 valence electrons. The predicted molar refractivity (Wildman–Crippen MR) is 121 cm³/mol. The minimum Gasteiger partial charge on any atom is -0.494 e. The zero-order chi connectivity index (χ0) is 23.9. The average Bonchev–Trinajstić information content (AvgIpc) is 3.23. The van der Waals surface area contributed by atoms with Gasteiger partial charge in [0.15, 0.2) is 5.54 Å². The first-order valence-electron chi connectivity index (χ1n) is 11.4. The largest absolute Gasteiger partial charge is 0.494 e. The van der Waals surface area contributed by atoms with Crippen LogP contribution in [0.15, 0.2) is 29.3 Å². The number of esters is 1. The van der Waals surface area contributed by atoms with Gasteiger partial charge in [0, 0.05) is 38.1 Å². The maximum absolute atomic E-state index is 13.5. The number of carbonyl (C=O) groups is 2. The Hall–Kier alpha value is -2.65. The molecule has 9 nitrogen and oxygen atoms in total. The fourth-order valence-corrected chi connectivity index (χ4v) is 3.65. The van der Waals surface area contributed by atoms with E-state index in [0.29, 0.717) is 51.0 Å². The number of hydrogen-bond donors (Lipinski definition) is 1. The van der Waals surface area contributed by atoms with E-state index in [2.05, 4.69) is 0 Å². The van der Waals surface area contributed by atoms with Crippen molar-refractivity contribution >= 4 is 17.8 Å². The van der Waals surface area contributed by atoms with Gasteiger partial charge in [0.05, 0.1) is 19.8 Å². The van der Waals surface area contributed by atoms with Gasteiger partial charge in [-0.25, -0.2) is 4.99 Å². The van der Waals surface area contributed by atoms with Gasteiger partial charge >= 0.3 is 5.97 Å². The van der Waals surface area contributed by atoms with Gasteiger partial charge in [-0.15, -0.1) is 0 Å². The lowest BCUT2D eigenvalue weighted by Gasteiger charge is -2.33. The van der Waals surface area contributed by atoms with E-state index in [-0.39, 0.29) is 37.9 Å². The summed E-state index contributed by atoms with van der Waals surface area (Å²) in [6, 6.07) is 7.22. The van der Waals surface area contributed by atoms with Crippen molar-refractivity contribution in [3.8, 4) is 5.75 Å². The normalized spacial score (nSPS) is 20.7. The zero-order valence-electron chi connectivity index (χ0n) is 19.7. The van der Waals surface area contributed by atoms with E-state index in [9.17, 15) is 9.59 Å². The Morgan fingerprint density at radius 3 is 2.52 bits per heavy atom. The second-order valence-corrected chi connectivity index (χ2v) is 9.18. The second kappa shape index (κ2) is 11.0. The van der Waals surface area contributed by atoms with Crippen LogP contribution in [0.25, 0.3) is 0 Å². The topological polar surface area (TPSA) is 107 Å². The highest BCUT2D eigenvalue weighted by Gasteiger charge is 2.47. The van der Waals surface area contributed by atoms with E-state index >= 15 is 0 Å². The van der Waals surface area contributed by atoms with Crippen molar-refractivity contribution in [1.82, 2.24) is 4.90 Å². The number of benzene rings is 1. The SMILES string of the molecule is CC(C)(C)OC(=O)CC[C@]1(C(=O)N2CCOCC2)COC(c2ccc(OCCCO)cc2)=N1. The van der Waals surface area contributed by atoms with Crippen molar-refractivity contribution in [2.45, 2.75) is 51.2 Å². The van der Waals surface area contributed by atoms with Crippen molar-refractivity contribution in [1.29, 1.82) is 0 Å². The first-order chi connectivity index (χ1) is 15.7. The standard InChI is InChI=1S/C24H34N2O7/c1-23(2,3)33-20(28)9-10-24(22(29)26-11-15-30-16-12-26)17-32-21(25-24)18-5-7-19(8-6-18)31-14-4-13-27/h5-8,27H,4,9-17H2,1-3H3/t24-/m1/s1. The van der Waals surface area contributed by atoms with Crippen molar-refractivity contribution in [2.75, 3.05) is 46.1 Å². The molecule has 0 radical (unpaired) electrons. The Morgan fingerprint density at radius 2 is 1.88 bits per heavy atom. The maximum Gasteiger partial charge on any atom is 0.306 e. The Labute approximate surface area is 194 Å². The minimum atomic E-state index is -1.18. The van der Waals surface area contributed by atoms with Crippen LogP contribution in [0.4, 0.5) is 0 Å². The number of ether oxygens (including phenoxy) is 4. The molecule has 0 aromatic heterocycles. The highest BCUT2D eigenvalue weighted by Crippen LogP contribution is 2.30. The van der Waals surface area contributed by atoms with E-state index in [4.69, 9.17) is 29.0 Å². The van der Waals surface area contributed by atoms with Crippen LogP contribution in [0, 0.1) is 0 Å². The summed E-state index contributed by atoms with van der Waals surface area (Å²) in [6.07, 6.45) is 0.816. The number of aliphatic imine (C=N–C) groups is 1. The molecule has 2 aliphatic rings. The fourth-order valence-electron chi connectivity index (χ4n) is 3.65. The third-order valence-electron chi connectivity index (χ3n) is 5.29. The fraction of sp³-hybridized carbons (Fsp3) is 0.625. The summed E-state index contributed by atoms with van der Waals surface area (Å²) in [4.78, 5) is 32.3. The lowest BCUT2D eigenvalue weighted by molar-refractivity contribution is -0.155. The summed E-state index contributed by atoms with van der Waals surface area (Å²) in [5, 5.41) is 8.87. The Balaban J connectivity index is 1.77. The number of rotatable bonds is 9. The molecule has 0 unspecified atom stereocenters. The maximum atomic E-state index is 13.5. The molecule has 1 aromatic rings. The van der Waals surface area contributed by atoms with Crippen LogP contribution in [0.1, 0.15) is 45.6 Å². The predicted octanol–water partition coefficient (Wildman–Crippen LogP) is 1.94. The van der Waals surface area contributed by atoms with Crippen molar-refractivity contribution in [2.24, 2.45) is 4.99 Å². The Morgan fingerprint density at radius 1 is 1.18 bits per heavy atom. The van der Waals surface area contributed by atoms with Crippen LogP contribution < -0.4 is 4.74 Å². The molecule has 9 heteroatoms. The highest BCUT2D eigenvalue weighted by molar-refractivity contribution is 6.00. The van der Waals surface area contributed by atoms with E-state index in [1.165, 1.54) is 0 Å². The molecule has 0 saturated carbocycles. The third-order valence-corrected chi connectivity index (χ3v) is 5.29. The molecule has 1 aromatic carbocycles. The Kier molecular flexibility index (Phi) is 8.31. The van der Waals surface area contributed by atoms with Crippen LogP contribution in [0.3, 0.4) is 0 Å². The zero-order valence-corrected chi connectivity index (χ0v) is 19.7. The molecule has 1 fully saturated rings. The van der Waals surface area contributed by atoms with Crippen molar-refractivity contribution in [3.05, 3.63) is 29.8 Å². The second-order valence-electron chi connectivity index (χ2n) is 9.18. The van der Waals surface area contributed by atoms with Crippen LogP contribution in [-0.2, 0) is 23.8 Å². The summed E-state index contributed by atoms with van der Waals surface area (Å²) in [6.45, 7) is 7.92. The van der Waals surface area contributed by atoms with Crippen LogP contribution in [0.5, 0.6) is 5.75 Å². The van der Waals surface area contributed by atoms with Gasteiger partial charge < -0.3 is 29.0 Å². The van der Waals surface area contributed by atoms with Gasteiger partial charge in [-0.2, -0.15) is 0 Å². The number of nitrogens with zero attached hydrogens (tertiary/aromatic N) is 2. The summed E-state index contributed by atoms with van der Waals surface area (Å²) in [5.41, 5.74) is -1.06. The van der Waals surface area contributed by atoms with E-state index in [1.807, 2.05) is 32.9 Å². The van der Waals surface area contributed by atoms with Gasteiger partial charge in [0.2, 0.25) is 5.90 Å². The number of morpholine rings is 1. The summed E-state index contributed by atoms with van der Waals surface area (Å²) in [7, 11) is 0. The van der Waals surface area contributed by atoms with Crippen LogP contribution in [-0.4, -0.2) is 85.0 Å². The number of carbonyl (C=O) groups excluding carboxylic acids is 2. The molecule has 1 saturated heterocycles. The van der Waals surface area contributed by atoms with E-state index in [0.717, 1.165) is 5.56 Å². The first-order valence-corrected chi connectivity index (χ1v) is 11.4. The van der Waals surface area contributed by atoms with Gasteiger partial charge in [0.1, 0.15) is 18.0 Å². The lowest BCUT2D eigenvalue weighted by Crippen LogP contribution is -2.52. The first kappa shape index (κ1) is 25.0. The molecule has 1 atom stereocenters. The molecular weight excluding hydrogens is 428 g/mol. The minimum absolute atomic E-state index is 0.0606. The van der Waals surface area contributed by atoms with Gasteiger partial charge in [0.25, 0.3) is 5.91 Å². The van der Waals surface area contributed by atoms with E-state index in [1.54, 1.807) is 17.0 Å². The average molecular weight is 463 g/mol. The smallest absolute Gasteiger partial charge is 0.306 e. The molecule has 2 aliphatic heterocycles.